The third-order valence-electron chi connectivity index (χ3n) is 3.88. The minimum atomic E-state index is -0.701. The molecule has 0 bridgehead atoms. The van der Waals surface area contributed by atoms with Crippen LogP contribution in [0.5, 0.6) is 0 Å². The van der Waals surface area contributed by atoms with Gasteiger partial charge in [-0.25, -0.2) is 9.18 Å². The van der Waals surface area contributed by atoms with Crippen molar-refractivity contribution in [2.75, 3.05) is 6.61 Å². The number of halogens is 1. The zero-order chi connectivity index (χ0) is 18.2. The van der Waals surface area contributed by atoms with Gasteiger partial charge in [-0.2, -0.15) is 0 Å². The zero-order valence-electron chi connectivity index (χ0n) is 14.4. The minimum absolute atomic E-state index is 0.0941. The van der Waals surface area contributed by atoms with Crippen molar-refractivity contribution in [1.29, 1.82) is 0 Å². The maximum atomic E-state index is 13.0. The van der Waals surface area contributed by atoms with Crippen LogP contribution in [0.2, 0.25) is 0 Å². The van der Waals surface area contributed by atoms with Crippen LogP contribution in [-0.4, -0.2) is 29.4 Å². The highest BCUT2D eigenvalue weighted by Gasteiger charge is 2.27. The lowest BCUT2D eigenvalue weighted by molar-refractivity contribution is -0.154. The molecule has 0 aromatic heterocycles. The Hall–Kier alpha value is -2.69. The summed E-state index contributed by atoms with van der Waals surface area (Å²) in [5.74, 6) is -1.00. The van der Waals surface area contributed by atoms with Gasteiger partial charge in [-0.3, -0.25) is 4.79 Å². The van der Waals surface area contributed by atoms with Gasteiger partial charge in [0.2, 0.25) is 5.91 Å². The molecule has 0 saturated heterocycles. The predicted octanol–water partition coefficient (Wildman–Crippen LogP) is 3.35. The largest absolute Gasteiger partial charge is 0.464 e. The van der Waals surface area contributed by atoms with Gasteiger partial charge in [0.15, 0.2) is 0 Å². The average molecular weight is 343 g/mol. The number of hydrogen-bond donors (Lipinski definition) is 0. The second-order valence-corrected chi connectivity index (χ2v) is 5.74. The first kappa shape index (κ1) is 18.6. The van der Waals surface area contributed by atoms with Crippen LogP contribution in [0.4, 0.5) is 4.39 Å². The van der Waals surface area contributed by atoms with Crippen molar-refractivity contribution in [2.24, 2.45) is 0 Å². The Kier molecular flexibility index (Phi) is 6.69. The van der Waals surface area contributed by atoms with Crippen LogP contribution in [0, 0.1) is 5.82 Å². The van der Waals surface area contributed by atoms with E-state index in [0.717, 1.165) is 5.56 Å². The molecule has 1 amide bonds. The number of rotatable bonds is 7. The summed E-state index contributed by atoms with van der Waals surface area (Å²) < 4.78 is 18.1. The SMILES string of the molecule is CCOC(=O)C(C)N(Cc1ccccc1)C(=O)Cc1ccc(F)cc1. The van der Waals surface area contributed by atoms with E-state index in [1.54, 1.807) is 26.0 Å². The quantitative estimate of drug-likeness (QED) is 0.724. The molecule has 0 radical (unpaired) electrons. The van der Waals surface area contributed by atoms with Crippen LogP contribution in [0.15, 0.2) is 54.6 Å². The molecule has 0 N–H and O–H groups in total. The average Bonchev–Trinajstić information content (AvgIpc) is 2.62. The number of hydrogen-bond acceptors (Lipinski definition) is 3. The third kappa shape index (κ3) is 5.41. The van der Waals surface area contributed by atoms with Crippen LogP contribution < -0.4 is 0 Å². The Morgan fingerprint density at radius 1 is 1.04 bits per heavy atom. The fourth-order valence-electron chi connectivity index (χ4n) is 2.49. The fraction of sp³-hybridized carbons (Fsp3) is 0.300. The van der Waals surface area contributed by atoms with Crippen molar-refractivity contribution in [2.45, 2.75) is 32.9 Å². The number of nitrogens with zero attached hydrogens (tertiary/aromatic N) is 1. The first-order valence-corrected chi connectivity index (χ1v) is 8.25. The van der Waals surface area contributed by atoms with Gasteiger partial charge in [-0.1, -0.05) is 42.5 Å². The third-order valence-corrected chi connectivity index (χ3v) is 3.88. The molecule has 0 aliphatic heterocycles. The van der Waals surface area contributed by atoms with Crippen molar-refractivity contribution in [3.63, 3.8) is 0 Å². The molecule has 132 valence electrons. The molecule has 25 heavy (non-hydrogen) atoms. The Morgan fingerprint density at radius 3 is 2.28 bits per heavy atom. The summed E-state index contributed by atoms with van der Waals surface area (Å²) in [4.78, 5) is 26.4. The molecular weight excluding hydrogens is 321 g/mol. The first-order chi connectivity index (χ1) is 12.0. The molecule has 2 rings (SSSR count). The van der Waals surface area contributed by atoms with Gasteiger partial charge in [-0.15, -0.1) is 0 Å². The summed E-state index contributed by atoms with van der Waals surface area (Å²) >= 11 is 0. The van der Waals surface area contributed by atoms with Crippen molar-refractivity contribution in [3.8, 4) is 0 Å². The van der Waals surface area contributed by atoms with Crippen molar-refractivity contribution >= 4 is 11.9 Å². The monoisotopic (exact) mass is 343 g/mol. The van der Waals surface area contributed by atoms with Crippen molar-refractivity contribution in [3.05, 3.63) is 71.5 Å². The number of ether oxygens (including phenoxy) is 1. The van der Waals surface area contributed by atoms with Gasteiger partial charge in [0, 0.05) is 6.54 Å². The summed E-state index contributed by atoms with van der Waals surface area (Å²) in [6, 6.07) is 14.5. The van der Waals surface area contributed by atoms with Crippen LogP contribution in [0.1, 0.15) is 25.0 Å². The minimum Gasteiger partial charge on any atom is -0.464 e. The highest BCUT2D eigenvalue weighted by molar-refractivity contribution is 5.85. The summed E-state index contributed by atoms with van der Waals surface area (Å²) in [7, 11) is 0. The van der Waals surface area contributed by atoms with E-state index in [1.165, 1.54) is 17.0 Å². The van der Waals surface area contributed by atoms with E-state index in [0.29, 0.717) is 12.1 Å². The second kappa shape index (κ2) is 8.97. The number of amides is 1. The van der Waals surface area contributed by atoms with Crippen molar-refractivity contribution < 1.29 is 18.7 Å². The molecule has 5 heteroatoms. The van der Waals surface area contributed by atoms with E-state index in [2.05, 4.69) is 0 Å². The molecule has 0 spiro atoms. The van der Waals surface area contributed by atoms with Crippen LogP contribution in [0.3, 0.4) is 0 Å². The van der Waals surface area contributed by atoms with E-state index in [1.807, 2.05) is 30.3 Å². The highest BCUT2D eigenvalue weighted by atomic mass is 19.1. The smallest absolute Gasteiger partial charge is 0.328 e. The molecule has 0 fully saturated rings. The Balaban J connectivity index is 2.18. The first-order valence-electron chi connectivity index (χ1n) is 8.25. The molecular formula is C20H22FNO3. The van der Waals surface area contributed by atoms with E-state index in [-0.39, 0.29) is 24.8 Å². The van der Waals surface area contributed by atoms with Crippen LogP contribution >= 0.6 is 0 Å². The molecule has 2 aromatic rings. The van der Waals surface area contributed by atoms with Crippen molar-refractivity contribution in [1.82, 2.24) is 4.90 Å². The lowest BCUT2D eigenvalue weighted by Crippen LogP contribution is -2.44. The van der Waals surface area contributed by atoms with E-state index in [9.17, 15) is 14.0 Å². The van der Waals surface area contributed by atoms with Crippen LogP contribution in [0.25, 0.3) is 0 Å². The highest BCUT2D eigenvalue weighted by Crippen LogP contribution is 2.13. The molecule has 2 aromatic carbocycles. The summed E-state index contributed by atoms with van der Waals surface area (Å²) in [5.41, 5.74) is 1.62. The number of benzene rings is 2. The van der Waals surface area contributed by atoms with Gasteiger partial charge in [-0.05, 0) is 37.1 Å². The standard InChI is InChI=1S/C20H22FNO3/c1-3-25-20(24)15(2)22(14-17-7-5-4-6-8-17)19(23)13-16-9-11-18(21)12-10-16/h4-12,15H,3,13-14H2,1-2H3. The summed E-state index contributed by atoms with van der Waals surface area (Å²) in [5, 5.41) is 0. The van der Waals surface area contributed by atoms with Crippen LogP contribution in [-0.2, 0) is 27.3 Å². The Labute approximate surface area is 147 Å². The maximum Gasteiger partial charge on any atom is 0.328 e. The lowest BCUT2D eigenvalue weighted by atomic mass is 10.1. The number of esters is 1. The lowest BCUT2D eigenvalue weighted by Gasteiger charge is -2.28. The van der Waals surface area contributed by atoms with Gasteiger partial charge in [0.05, 0.1) is 13.0 Å². The maximum absolute atomic E-state index is 13.0. The number of carbonyl (C=O) groups is 2. The topological polar surface area (TPSA) is 46.6 Å². The van der Waals surface area contributed by atoms with E-state index < -0.39 is 12.0 Å². The molecule has 4 nitrogen and oxygen atoms in total. The van der Waals surface area contributed by atoms with Gasteiger partial charge in [0.25, 0.3) is 0 Å². The predicted molar refractivity (Wildman–Crippen MR) is 93.2 cm³/mol. The van der Waals surface area contributed by atoms with Gasteiger partial charge in [0.1, 0.15) is 11.9 Å². The van der Waals surface area contributed by atoms with E-state index >= 15 is 0 Å². The molecule has 0 saturated carbocycles. The van der Waals surface area contributed by atoms with Gasteiger partial charge < -0.3 is 9.64 Å². The molecule has 1 unspecified atom stereocenters. The van der Waals surface area contributed by atoms with Gasteiger partial charge >= 0.3 is 5.97 Å². The summed E-state index contributed by atoms with van der Waals surface area (Å²) in [6.07, 6.45) is 0.0941. The van der Waals surface area contributed by atoms with E-state index in [4.69, 9.17) is 4.74 Å². The Morgan fingerprint density at radius 2 is 1.68 bits per heavy atom. The summed E-state index contributed by atoms with van der Waals surface area (Å²) in [6.45, 7) is 3.95. The fourth-order valence-corrected chi connectivity index (χ4v) is 2.49. The Bertz CT molecular complexity index is 701. The molecule has 0 aliphatic carbocycles. The molecule has 0 aliphatic rings. The number of carbonyl (C=O) groups excluding carboxylic acids is 2. The normalized spacial score (nSPS) is 11.6. The second-order valence-electron chi connectivity index (χ2n) is 5.74. The molecule has 1 atom stereocenters. The molecule has 0 heterocycles. The zero-order valence-corrected chi connectivity index (χ0v) is 14.4.